The number of hydrogen-bond acceptors (Lipinski definition) is 9. The molecule has 3 atom stereocenters. The lowest BCUT2D eigenvalue weighted by Crippen LogP contribution is -2.55. The average molecular weight is 386 g/mol. The molecule has 1 heterocycles. The van der Waals surface area contributed by atoms with Gasteiger partial charge >= 0.3 is 17.9 Å². The van der Waals surface area contributed by atoms with Gasteiger partial charge in [-0.25, -0.2) is 5.01 Å². The first kappa shape index (κ1) is 22.1. The maximum Gasteiger partial charge on any atom is 0.303 e. The molecule has 0 spiro atoms. The van der Waals surface area contributed by atoms with Crippen molar-refractivity contribution in [3.8, 4) is 0 Å². The standard InChI is InChI=1S/C16H22N2O9/c1-8(19)17-13(6-15(24)18(17)9(2)20)16(27-12(5)23)14(26-11(4)22)7-25-10(3)21/h13-14,16H,6-7H2,1-5H3/t13-,14-,16+/m1/s1. The molecule has 3 amide bonds. The number of ether oxygens (including phenoxy) is 3. The zero-order valence-corrected chi connectivity index (χ0v) is 15.7. The molecule has 0 aromatic rings. The molecule has 1 aliphatic heterocycles. The molecule has 27 heavy (non-hydrogen) atoms. The number of carbonyl (C=O) groups is 6. The minimum Gasteiger partial charge on any atom is -0.462 e. The number of amides is 3. The van der Waals surface area contributed by atoms with E-state index < -0.39 is 60.5 Å². The van der Waals surface area contributed by atoms with E-state index in [1.807, 2.05) is 0 Å². The third-order valence-electron chi connectivity index (χ3n) is 3.59. The van der Waals surface area contributed by atoms with Gasteiger partial charge in [0.2, 0.25) is 11.8 Å². The molecule has 0 aromatic carbocycles. The van der Waals surface area contributed by atoms with Crippen LogP contribution in [0.2, 0.25) is 0 Å². The summed E-state index contributed by atoms with van der Waals surface area (Å²) >= 11 is 0. The summed E-state index contributed by atoms with van der Waals surface area (Å²) < 4.78 is 15.1. The molecule has 0 aliphatic carbocycles. The summed E-state index contributed by atoms with van der Waals surface area (Å²) in [5.74, 6) is -4.27. The Hall–Kier alpha value is -2.98. The second kappa shape index (κ2) is 9.10. The summed E-state index contributed by atoms with van der Waals surface area (Å²) in [7, 11) is 0. The molecule has 1 fully saturated rings. The average Bonchev–Trinajstić information content (AvgIpc) is 2.86. The molecular formula is C16H22N2O9. The van der Waals surface area contributed by atoms with Gasteiger partial charge in [-0.15, -0.1) is 0 Å². The molecule has 11 nitrogen and oxygen atoms in total. The van der Waals surface area contributed by atoms with Crippen LogP contribution in [0, 0.1) is 0 Å². The van der Waals surface area contributed by atoms with Crippen LogP contribution in [0.25, 0.3) is 0 Å². The Morgan fingerprint density at radius 2 is 1.48 bits per heavy atom. The SMILES string of the molecule is CC(=O)OC[C@@H](OC(C)=O)[C@@H](OC(C)=O)[C@H]1CC(=O)N(C(C)=O)N1C(C)=O. The zero-order valence-electron chi connectivity index (χ0n) is 15.7. The Morgan fingerprint density at radius 3 is 1.89 bits per heavy atom. The highest BCUT2D eigenvalue weighted by molar-refractivity contribution is 5.98. The molecule has 11 heteroatoms. The van der Waals surface area contributed by atoms with Crippen LogP contribution < -0.4 is 0 Å². The molecule has 0 aromatic heterocycles. The largest absolute Gasteiger partial charge is 0.462 e. The lowest BCUT2D eigenvalue weighted by Gasteiger charge is -2.35. The molecule has 0 radical (unpaired) electrons. The van der Waals surface area contributed by atoms with E-state index in [0.29, 0.717) is 5.01 Å². The summed E-state index contributed by atoms with van der Waals surface area (Å²) in [6.45, 7) is 5.06. The second-order valence-electron chi connectivity index (χ2n) is 5.88. The first-order valence-electron chi connectivity index (χ1n) is 8.06. The lowest BCUT2D eigenvalue weighted by atomic mass is 10.0. The van der Waals surface area contributed by atoms with E-state index >= 15 is 0 Å². The minimum atomic E-state index is -1.34. The van der Waals surface area contributed by atoms with Crippen LogP contribution >= 0.6 is 0 Å². The Labute approximate surface area is 155 Å². The Bertz CT molecular complexity index is 660. The van der Waals surface area contributed by atoms with Crippen LogP contribution in [-0.4, -0.2) is 70.5 Å². The predicted molar refractivity (Wildman–Crippen MR) is 86.2 cm³/mol. The molecular weight excluding hydrogens is 364 g/mol. The van der Waals surface area contributed by atoms with E-state index in [0.717, 1.165) is 39.6 Å². The van der Waals surface area contributed by atoms with Crippen LogP contribution in [0.15, 0.2) is 0 Å². The highest BCUT2D eigenvalue weighted by Crippen LogP contribution is 2.27. The fourth-order valence-electron chi connectivity index (χ4n) is 2.78. The smallest absolute Gasteiger partial charge is 0.303 e. The van der Waals surface area contributed by atoms with Crippen molar-refractivity contribution in [2.45, 2.75) is 59.3 Å². The molecule has 1 rings (SSSR count). The number of imide groups is 1. The number of nitrogens with zero attached hydrogens (tertiary/aromatic N) is 2. The van der Waals surface area contributed by atoms with Crippen LogP contribution in [0.3, 0.4) is 0 Å². The minimum absolute atomic E-state index is 0.352. The van der Waals surface area contributed by atoms with E-state index in [1.165, 1.54) is 0 Å². The number of hydrogen-bond donors (Lipinski definition) is 0. The van der Waals surface area contributed by atoms with Crippen molar-refractivity contribution in [1.82, 2.24) is 10.0 Å². The third kappa shape index (κ3) is 5.76. The summed E-state index contributed by atoms with van der Waals surface area (Å²) in [6.07, 6.45) is -2.99. The van der Waals surface area contributed by atoms with Gasteiger partial charge < -0.3 is 14.2 Å². The normalized spacial score (nSPS) is 18.6. The molecule has 1 aliphatic rings. The summed E-state index contributed by atoms with van der Waals surface area (Å²) in [5, 5.41) is 1.49. The van der Waals surface area contributed by atoms with Crippen LogP contribution in [0.1, 0.15) is 41.0 Å². The maximum atomic E-state index is 12.2. The Balaban J connectivity index is 3.31. The van der Waals surface area contributed by atoms with Gasteiger partial charge in [0.1, 0.15) is 12.6 Å². The summed E-state index contributed by atoms with van der Waals surface area (Å²) in [5.41, 5.74) is 0. The predicted octanol–water partition coefficient (Wildman–Crippen LogP) is -0.676. The first-order valence-corrected chi connectivity index (χ1v) is 8.06. The van der Waals surface area contributed by atoms with Crippen LogP contribution in [0.5, 0.6) is 0 Å². The maximum absolute atomic E-state index is 12.2. The Morgan fingerprint density at radius 1 is 0.926 bits per heavy atom. The van der Waals surface area contributed by atoms with Gasteiger partial charge in [-0.1, -0.05) is 0 Å². The van der Waals surface area contributed by atoms with Crippen molar-refractivity contribution in [2.75, 3.05) is 6.61 Å². The van der Waals surface area contributed by atoms with E-state index in [-0.39, 0.29) is 6.42 Å². The fourth-order valence-corrected chi connectivity index (χ4v) is 2.78. The van der Waals surface area contributed by atoms with E-state index in [4.69, 9.17) is 14.2 Å². The van der Waals surface area contributed by atoms with Gasteiger partial charge in [0.05, 0.1) is 6.42 Å². The van der Waals surface area contributed by atoms with Crippen molar-refractivity contribution in [1.29, 1.82) is 0 Å². The fraction of sp³-hybridized carbons (Fsp3) is 0.625. The van der Waals surface area contributed by atoms with Crippen molar-refractivity contribution < 1.29 is 43.0 Å². The molecule has 0 N–H and O–H groups in total. The van der Waals surface area contributed by atoms with Gasteiger partial charge in [0.25, 0.3) is 5.91 Å². The van der Waals surface area contributed by atoms with Gasteiger partial charge in [0.15, 0.2) is 12.2 Å². The molecule has 1 saturated heterocycles. The summed E-state index contributed by atoms with van der Waals surface area (Å²) in [6, 6.07) is -1.12. The van der Waals surface area contributed by atoms with Gasteiger partial charge in [0, 0.05) is 34.6 Å². The third-order valence-corrected chi connectivity index (χ3v) is 3.59. The zero-order chi connectivity index (χ0) is 20.9. The van der Waals surface area contributed by atoms with Gasteiger partial charge in [-0.3, -0.25) is 28.8 Å². The van der Waals surface area contributed by atoms with Crippen molar-refractivity contribution in [3.05, 3.63) is 0 Å². The Kier molecular flexibility index (Phi) is 7.44. The summed E-state index contributed by atoms with van der Waals surface area (Å²) in [4.78, 5) is 70.2. The molecule has 0 unspecified atom stereocenters. The monoisotopic (exact) mass is 386 g/mol. The van der Waals surface area contributed by atoms with Crippen LogP contribution in [0.4, 0.5) is 0 Å². The van der Waals surface area contributed by atoms with Gasteiger partial charge in [-0.2, -0.15) is 5.01 Å². The second-order valence-corrected chi connectivity index (χ2v) is 5.88. The topological polar surface area (TPSA) is 137 Å². The van der Waals surface area contributed by atoms with E-state index in [9.17, 15) is 28.8 Å². The van der Waals surface area contributed by atoms with Crippen molar-refractivity contribution >= 4 is 35.6 Å². The molecule has 0 bridgehead atoms. The van der Waals surface area contributed by atoms with E-state index in [2.05, 4.69) is 0 Å². The number of carbonyl (C=O) groups excluding carboxylic acids is 6. The lowest BCUT2D eigenvalue weighted by molar-refractivity contribution is -0.186. The van der Waals surface area contributed by atoms with Gasteiger partial charge in [-0.05, 0) is 0 Å². The highest BCUT2D eigenvalue weighted by atomic mass is 16.6. The number of rotatable bonds is 6. The molecule has 0 saturated carbocycles. The highest BCUT2D eigenvalue weighted by Gasteiger charge is 2.50. The molecule has 150 valence electrons. The van der Waals surface area contributed by atoms with E-state index in [1.54, 1.807) is 0 Å². The first-order chi connectivity index (χ1) is 12.5. The quantitative estimate of drug-likeness (QED) is 0.429. The number of esters is 3. The number of hydrazine groups is 1. The van der Waals surface area contributed by atoms with Crippen molar-refractivity contribution in [2.24, 2.45) is 0 Å². The van der Waals surface area contributed by atoms with Crippen LogP contribution in [-0.2, 0) is 43.0 Å². The van der Waals surface area contributed by atoms with Crippen molar-refractivity contribution in [3.63, 3.8) is 0 Å².